The van der Waals surface area contributed by atoms with Crippen molar-refractivity contribution in [2.75, 3.05) is 62.3 Å². The third-order valence-corrected chi connectivity index (χ3v) is 6.48. The molecule has 0 bridgehead atoms. The number of hydrogen-bond acceptors (Lipinski definition) is 6. The molecule has 8 nitrogen and oxygen atoms in total. The number of nitro groups is 1. The van der Waals surface area contributed by atoms with Gasteiger partial charge in [0.25, 0.3) is 11.6 Å². The number of hydrogen-bond donors (Lipinski definition) is 0. The summed E-state index contributed by atoms with van der Waals surface area (Å²) in [5, 5.41) is 11.5. The third-order valence-electron chi connectivity index (χ3n) is 5.54. The highest BCUT2D eigenvalue weighted by atomic mass is 127. The van der Waals surface area contributed by atoms with Crippen molar-refractivity contribution in [1.82, 2.24) is 4.90 Å². The lowest BCUT2D eigenvalue weighted by atomic mass is 10.1. The predicted octanol–water partition coefficient (Wildman–Crippen LogP) is 3.00. The summed E-state index contributed by atoms with van der Waals surface area (Å²) in [4.78, 5) is 30.1. The van der Waals surface area contributed by atoms with Crippen LogP contribution in [0.1, 0.15) is 10.4 Å². The molecule has 0 atom stereocenters. The van der Waals surface area contributed by atoms with Crippen LogP contribution >= 0.6 is 22.6 Å². The van der Waals surface area contributed by atoms with Crippen molar-refractivity contribution in [2.45, 2.75) is 0 Å². The third kappa shape index (κ3) is 4.36. The van der Waals surface area contributed by atoms with Gasteiger partial charge in [0.1, 0.15) is 5.69 Å². The molecule has 158 valence electrons. The fraction of sp³-hybridized carbons (Fsp3) is 0.381. The minimum Gasteiger partial charge on any atom is -0.378 e. The standard InChI is InChI=1S/C21H23IN4O4/c22-18-4-2-1-3-17(18)21(27)25-9-7-23(8-10-25)16-5-6-19(26(28)29)20(15-16)24-11-13-30-14-12-24/h1-6,15H,7-14H2. The molecule has 4 rings (SSSR count). The maximum absolute atomic E-state index is 12.9. The quantitative estimate of drug-likeness (QED) is 0.349. The molecule has 0 aliphatic carbocycles. The van der Waals surface area contributed by atoms with Crippen LogP contribution in [0, 0.1) is 13.7 Å². The van der Waals surface area contributed by atoms with Crippen LogP contribution in [0.25, 0.3) is 0 Å². The molecule has 0 N–H and O–H groups in total. The summed E-state index contributed by atoms with van der Waals surface area (Å²) >= 11 is 2.19. The van der Waals surface area contributed by atoms with Gasteiger partial charge in [-0.1, -0.05) is 12.1 Å². The minimum atomic E-state index is -0.327. The number of benzene rings is 2. The van der Waals surface area contributed by atoms with E-state index < -0.39 is 0 Å². The average molecular weight is 522 g/mol. The van der Waals surface area contributed by atoms with E-state index in [2.05, 4.69) is 27.5 Å². The van der Waals surface area contributed by atoms with E-state index in [4.69, 9.17) is 4.74 Å². The summed E-state index contributed by atoms with van der Waals surface area (Å²) in [6.07, 6.45) is 0. The van der Waals surface area contributed by atoms with Crippen LogP contribution in [-0.2, 0) is 4.74 Å². The van der Waals surface area contributed by atoms with Gasteiger partial charge in [-0.25, -0.2) is 0 Å². The Morgan fingerprint density at radius 1 is 0.967 bits per heavy atom. The molecule has 30 heavy (non-hydrogen) atoms. The first kappa shape index (κ1) is 20.9. The van der Waals surface area contributed by atoms with Crippen molar-refractivity contribution >= 4 is 45.6 Å². The highest BCUT2D eigenvalue weighted by molar-refractivity contribution is 14.1. The van der Waals surface area contributed by atoms with Gasteiger partial charge < -0.3 is 19.4 Å². The first-order chi connectivity index (χ1) is 14.5. The van der Waals surface area contributed by atoms with Gasteiger partial charge in [-0.05, 0) is 46.9 Å². The number of nitrogens with zero attached hydrogens (tertiary/aromatic N) is 4. The van der Waals surface area contributed by atoms with Crippen molar-refractivity contribution in [2.24, 2.45) is 0 Å². The van der Waals surface area contributed by atoms with E-state index in [0.29, 0.717) is 58.2 Å². The number of amides is 1. The number of ether oxygens (including phenoxy) is 1. The number of morpholine rings is 1. The molecule has 9 heteroatoms. The molecule has 2 fully saturated rings. The average Bonchev–Trinajstić information content (AvgIpc) is 2.79. The number of nitro benzene ring substituents is 1. The molecule has 2 aromatic carbocycles. The van der Waals surface area contributed by atoms with E-state index in [1.165, 1.54) is 0 Å². The van der Waals surface area contributed by atoms with Gasteiger partial charge in [0.15, 0.2) is 0 Å². The van der Waals surface area contributed by atoms with Crippen molar-refractivity contribution < 1.29 is 14.5 Å². The Hall–Kier alpha value is -2.40. The van der Waals surface area contributed by atoms with Crippen molar-refractivity contribution in [3.05, 3.63) is 61.7 Å². The molecule has 0 spiro atoms. The van der Waals surface area contributed by atoms with Crippen LogP contribution < -0.4 is 9.80 Å². The molecule has 2 aliphatic rings. The van der Waals surface area contributed by atoms with Crippen molar-refractivity contribution in [3.63, 3.8) is 0 Å². The van der Waals surface area contributed by atoms with Gasteiger partial charge >= 0.3 is 0 Å². The van der Waals surface area contributed by atoms with Crippen molar-refractivity contribution in [3.8, 4) is 0 Å². The lowest BCUT2D eigenvalue weighted by Crippen LogP contribution is -2.49. The van der Waals surface area contributed by atoms with E-state index in [0.717, 1.165) is 14.8 Å². The van der Waals surface area contributed by atoms with Gasteiger partial charge in [0.05, 0.1) is 23.7 Å². The summed E-state index contributed by atoms with van der Waals surface area (Å²) < 4.78 is 6.34. The first-order valence-corrected chi connectivity index (χ1v) is 11.0. The molecule has 1 amide bonds. The molecule has 0 saturated carbocycles. The Balaban J connectivity index is 1.48. The molecular weight excluding hydrogens is 499 g/mol. The van der Waals surface area contributed by atoms with Gasteiger partial charge in [0.2, 0.25) is 0 Å². The number of halogens is 1. The molecule has 0 aromatic heterocycles. The van der Waals surface area contributed by atoms with E-state index in [1.807, 2.05) is 40.1 Å². The Bertz CT molecular complexity index is 940. The Morgan fingerprint density at radius 2 is 1.67 bits per heavy atom. The predicted molar refractivity (Wildman–Crippen MR) is 123 cm³/mol. The minimum absolute atomic E-state index is 0.0531. The number of carbonyl (C=O) groups is 1. The van der Waals surface area contributed by atoms with Gasteiger partial charge in [-0.2, -0.15) is 0 Å². The number of piperazine rings is 1. The second-order valence-corrected chi connectivity index (χ2v) is 8.45. The van der Waals surface area contributed by atoms with Crippen LogP contribution in [0.4, 0.5) is 17.1 Å². The van der Waals surface area contributed by atoms with Gasteiger partial charge in [-0.15, -0.1) is 0 Å². The summed E-state index contributed by atoms with van der Waals surface area (Å²) in [6, 6.07) is 12.9. The molecule has 0 radical (unpaired) electrons. The Morgan fingerprint density at radius 3 is 2.33 bits per heavy atom. The van der Waals surface area contributed by atoms with Gasteiger partial charge in [0, 0.05) is 54.6 Å². The van der Waals surface area contributed by atoms with E-state index in [9.17, 15) is 14.9 Å². The highest BCUT2D eigenvalue weighted by Gasteiger charge is 2.26. The maximum Gasteiger partial charge on any atom is 0.292 e. The molecule has 0 unspecified atom stereocenters. The summed E-state index contributed by atoms with van der Waals surface area (Å²) in [5.41, 5.74) is 2.44. The zero-order chi connectivity index (χ0) is 21.1. The van der Waals surface area contributed by atoms with Crippen LogP contribution in [0.3, 0.4) is 0 Å². The van der Waals surface area contributed by atoms with E-state index >= 15 is 0 Å². The summed E-state index contributed by atoms with van der Waals surface area (Å²) in [7, 11) is 0. The molecule has 2 heterocycles. The molecule has 2 aliphatic heterocycles. The Kier molecular flexibility index (Phi) is 6.38. The zero-order valence-corrected chi connectivity index (χ0v) is 18.7. The fourth-order valence-corrected chi connectivity index (χ4v) is 4.51. The zero-order valence-electron chi connectivity index (χ0n) is 16.5. The highest BCUT2D eigenvalue weighted by Crippen LogP contribution is 2.33. The smallest absolute Gasteiger partial charge is 0.292 e. The van der Waals surface area contributed by atoms with E-state index in [-0.39, 0.29) is 16.5 Å². The molecule has 2 saturated heterocycles. The maximum atomic E-state index is 12.9. The Labute approximate surface area is 188 Å². The van der Waals surface area contributed by atoms with Gasteiger partial charge in [-0.3, -0.25) is 14.9 Å². The van der Waals surface area contributed by atoms with Crippen LogP contribution in [0.15, 0.2) is 42.5 Å². The van der Waals surface area contributed by atoms with Crippen LogP contribution in [0.2, 0.25) is 0 Å². The molecule has 2 aromatic rings. The second kappa shape index (κ2) is 9.17. The lowest BCUT2D eigenvalue weighted by molar-refractivity contribution is -0.384. The monoisotopic (exact) mass is 522 g/mol. The number of rotatable bonds is 4. The SMILES string of the molecule is O=C(c1ccccc1I)N1CCN(c2ccc([N+](=O)[O-])c(N3CCOCC3)c2)CC1. The fourth-order valence-electron chi connectivity index (χ4n) is 3.89. The normalized spacial score (nSPS) is 17.2. The van der Waals surface area contributed by atoms with Crippen molar-refractivity contribution in [1.29, 1.82) is 0 Å². The summed E-state index contributed by atoms with van der Waals surface area (Å²) in [5.74, 6) is 0.0531. The van der Waals surface area contributed by atoms with E-state index in [1.54, 1.807) is 12.1 Å². The largest absolute Gasteiger partial charge is 0.378 e. The summed E-state index contributed by atoms with van der Waals surface area (Å²) in [6.45, 7) is 5.04. The molecular formula is C21H23IN4O4. The number of anilines is 2. The van der Waals surface area contributed by atoms with Crippen LogP contribution in [-0.4, -0.2) is 68.2 Å². The lowest BCUT2D eigenvalue weighted by Gasteiger charge is -2.37. The first-order valence-electron chi connectivity index (χ1n) is 9.94. The topological polar surface area (TPSA) is 79.2 Å². The second-order valence-electron chi connectivity index (χ2n) is 7.29. The van der Waals surface area contributed by atoms with Crippen LogP contribution in [0.5, 0.6) is 0 Å². The number of carbonyl (C=O) groups excluding carboxylic acids is 1.